The number of hydrogen-bond acceptors (Lipinski definition) is 4. The van der Waals surface area contributed by atoms with Gasteiger partial charge in [-0.1, -0.05) is 89.9 Å². The standard InChI is InChI=1S/C30H31Cl4N3O4S/c1-20(30(39)35-21-9-4-2-5-10-21)36(18-24-25(31)13-8-14-26(24)32)29(38)19-37(22-15-16-27(33)28(34)17-22)42(40,41)23-11-6-3-7-12-23/h3,6-8,11-17,20-21H,2,4-5,9-10,18-19H2,1H3,(H,35,39). The van der Waals surface area contributed by atoms with Gasteiger partial charge in [0.05, 0.1) is 20.6 Å². The Labute approximate surface area is 266 Å². The molecule has 7 nitrogen and oxygen atoms in total. The number of benzene rings is 3. The van der Waals surface area contributed by atoms with Gasteiger partial charge < -0.3 is 10.2 Å². The lowest BCUT2D eigenvalue weighted by atomic mass is 9.95. The van der Waals surface area contributed by atoms with Gasteiger partial charge in [0.1, 0.15) is 12.6 Å². The molecule has 1 unspecified atom stereocenters. The number of carbonyl (C=O) groups excluding carboxylic acids is 2. The summed E-state index contributed by atoms with van der Waals surface area (Å²) in [5, 5.41) is 4.05. The van der Waals surface area contributed by atoms with Gasteiger partial charge in [-0.25, -0.2) is 8.42 Å². The topological polar surface area (TPSA) is 86.8 Å². The van der Waals surface area contributed by atoms with Gasteiger partial charge in [0, 0.05) is 28.2 Å². The molecule has 1 aliphatic carbocycles. The van der Waals surface area contributed by atoms with Crippen LogP contribution in [0.2, 0.25) is 20.1 Å². The summed E-state index contributed by atoms with van der Waals surface area (Å²) in [4.78, 5) is 28.8. The zero-order valence-electron chi connectivity index (χ0n) is 22.9. The van der Waals surface area contributed by atoms with E-state index >= 15 is 0 Å². The van der Waals surface area contributed by atoms with Crippen LogP contribution < -0.4 is 9.62 Å². The van der Waals surface area contributed by atoms with Crippen LogP contribution >= 0.6 is 46.4 Å². The number of hydrogen-bond donors (Lipinski definition) is 1. The summed E-state index contributed by atoms with van der Waals surface area (Å²) in [6.07, 6.45) is 4.89. The molecule has 0 spiro atoms. The molecule has 0 aliphatic heterocycles. The summed E-state index contributed by atoms with van der Waals surface area (Å²) in [5.74, 6) is -0.978. The minimum atomic E-state index is -4.24. The molecule has 0 bridgehead atoms. The van der Waals surface area contributed by atoms with E-state index in [1.54, 1.807) is 43.3 Å². The van der Waals surface area contributed by atoms with E-state index in [1.807, 2.05) is 0 Å². The Morgan fingerprint density at radius 1 is 0.857 bits per heavy atom. The van der Waals surface area contributed by atoms with E-state index in [-0.39, 0.29) is 39.1 Å². The van der Waals surface area contributed by atoms with Crippen molar-refractivity contribution in [2.24, 2.45) is 0 Å². The van der Waals surface area contributed by atoms with Gasteiger partial charge in [-0.3, -0.25) is 13.9 Å². The number of anilines is 1. The molecule has 1 N–H and O–H groups in total. The Morgan fingerprint density at radius 3 is 2.12 bits per heavy atom. The number of sulfonamides is 1. The predicted octanol–water partition coefficient (Wildman–Crippen LogP) is 7.36. The van der Waals surface area contributed by atoms with E-state index in [2.05, 4.69) is 5.32 Å². The Morgan fingerprint density at radius 2 is 1.50 bits per heavy atom. The average molecular weight is 671 g/mol. The SMILES string of the molecule is CC(C(=O)NC1CCCCC1)N(Cc1c(Cl)cccc1Cl)C(=O)CN(c1ccc(Cl)c(Cl)c1)S(=O)(=O)c1ccccc1. The van der Waals surface area contributed by atoms with Crippen molar-refractivity contribution in [3.05, 3.63) is 92.4 Å². The number of carbonyl (C=O) groups is 2. The van der Waals surface area contributed by atoms with Crippen molar-refractivity contribution in [1.82, 2.24) is 10.2 Å². The molecular formula is C30H31Cl4N3O4S. The van der Waals surface area contributed by atoms with Gasteiger partial charge in [0.15, 0.2) is 0 Å². The van der Waals surface area contributed by atoms with E-state index < -0.39 is 28.5 Å². The van der Waals surface area contributed by atoms with Crippen molar-refractivity contribution in [3.63, 3.8) is 0 Å². The number of halogens is 4. The Bertz CT molecular complexity index is 1510. The summed E-state index contributed by atoms with van der Waals surface area (Å²) in [7, 11) is -4.24. The van der Waals surface area contributed by atoms with Crippen LogP contribution in [0.1, 0.15) is 44.6 Å². The van der Waals surface area contributed by atoms with Crippen molar-refractivity contribution in [2.45, 2.75) is 62.6 Å². The van der Waals surface area contributed by atoms with Crippen LogP contribution in [-0.2, 0) is 26.2 Å². The summed E-state index contributed by atoms with van der Waals surface area (Å²) >= 11 is 25.2. The van der Waals surface area contributed by atoms with Gasteiger partial charge in [-0.2, -0.15) is 0 Å². The molecule has 1 atom stereocenters. The fraction of sp³-hybridized carbons (Fsp3) is 0.333. The van der Waals surface area contributed by atoms with Gasteiger partial charge in [-0.05, 0) is 62.2 Å². The number of amides is 2. The lowest BCUT2D eigenvalue weighted by Crippen LogP contribution is -2.53. The van der Waals surface area contributed by atoms with Crippen LogP contribution in [0.3, 0.4) is 0 Å². The van der Waals surface area contributed by atoms with Gasteiger partial charge in [-0.15, -0.1) is 0 Å². The third-order valence-corrected chi connectivity index (χ3v) is 10.5. The van der Waals surface area contributed by atoms with Gasteiger partial charge >= 0.3 is 0 Å². The van der Waals surface area contributed by atoms with Crippen LogP contribution in [0, 0.1) is 0 Å². The second-order valence-corrected chi connectivity index (χ2v) is 13.7. The highest BCUT2D eigenvalue weighted by atomic mass is 35.5. The highest BCUT2D eigenvalue weighted by molar-refractivity contribution is 7.92. The highest BCUT2D eigenvalue weighted by Gasteiger charge is 2.34. The maximum atomic E-state index is 14.1. The van der Waals surface area contributed by atoms with Crippen molar-refractivity contribution < 1.29 is 18.0 Å². The summed E-state index contributed by atoms with van der Waals surface area (Å²) in [6, 6.07) is 16.1. The van der Waals surface area contributed by atoms with Crippen molar-refractivity contribution in [2.75, 3.05) is 10.8 Å². The summed E-state index contributed by atoms with van der Waals surface area (Å²) in [5.41, 5.74) is 0.579. The molecule has 0 heterocycles. The van der Waals surface area contributed by atoms with Crippen molar-refractivity contribution in [3.8, 4) is 0 Å². The van der Waals surface area contributed by atoms with Crippen LogP contribution in [0.25, 0.3) is 0 Å². The zero-order chi connectivity index (χ0) is 30.4. The molecule has 3 aromatic rings. The Hall–Kier alpha value is -2.49. The molecule has 0 saturated heterocycles. The molecule has 1 aliphatic rings. The minimum absolute atomic E-state index is 0.0146. The van der Waals surface area contributed by atoms with Crippen LogP contribution in [0.4, 0.5) is 5.69 Å². The molecule has 2 amide bonds. The lowest BCUT2D eigenvalue weighted by Gasteiger charge is -2.33. The first-order valence-corrected chi connectivity index (χ1v) is 16.5. The number of nitrogens with zero attached hydrogens (tertiary/aromatic N) is 2. The molecular weight excluding hydrogens is 640 g/mol. The maximum absolute atomic E-state index is 14.1. The third-order valence-electron chi connectivity index (χ3n) is 7.31. The van der Waals surface area contributed by atoms with Crippen molar-refractivity contribution in [1.29, 1.82) is 0 Å². The highest BCUT2D eigenvalue weighted by Crippen LogP contribution is 2.32. The molecule has 1 fully saturated rings. The fourth-order valence-electron chi connectivity index (χ4n) is 4.89. The van der Waals surface area contributed by atoms with Crippen LogP contribution in [-0.4, -0.2) is 43.8 Å². The maximum Gasteiger partial charge on any atom is 0.264 e. The monoisotopic (exact) mass is 669 g/mol. The smallest absolute Gasteiger partial charge is 0.264 e. The molecule has 12 heteroatoms. The normalized spacial score (nSPS) is 14.7. The number of rotatable bonds is 10. The van der Waals surface area contributed by atoms with Gasteiger partial charge in [0.25, 0.3) is 10.0 Å². The largest absolute Gasteiger partial charge is 0.352 e. The first kappa shape index (κ1) is 32.4. The quantitative estimate of drug-likeness (QED) is 0.244. The third kappa shape index (κ3) is 7.71. The Kier molecular flexibility index (Phi) is 11.1. The first-order valence-electron chi connectivity index (χ1n) is 13.5. The summed E-state index contributed by atoms with van der Waals surface area (Å²) < 4.78 is 28.7. The number of nitrogens with one attached hydrogen (secondary N) is 1. The molecule has 4 rings (SSSR count). The second kappa shape index (κ2) is 14.3. The Balaban J connectivity index is 1.72. The second-order valence-electron chi connectivity index (χ2n) is 10.2. The summed E-state index contributed by atoms with van der Waals surface area (Å²) in [6.45, 7) is 0.867. The molecule has 3 aromatic carbocycles. The molecule has 1 saturated carbocycles. The lowest BCUT2D eigenvalue weighted by molar-refractivity contribution is -0.139. The van der Waals surface area contributed by atoms with Crippen molar-refractivity contribution >= 4 is 73.9 Å². The zero-order valence-corrected chi connectivity index (χ0v) is 26.7. The van der Waals surface area contributed by atoms with E-state index in [9.17, 15) is 18.0 Å². The average Bonchev–Trinajstić information content (AvgIpc) is 2.97. The minimum Gasteiger partial charge on any atom is -0.352 e. The molecule has 42 heavy (non-hydrogen) atoms. The van der Waals surface area contributed by atoms with Gasteiger partial charge in [0.2, 0.25) is 11.8 Å². The predicted molar refractivity (Wildman–Crippen MR) is 169 cm³/mol. The van der Waals surface area contributed by atoms with Crippen LogP contribution in [0.5, 0.6) is 0 Å². The first-order chi connectivity index (χ1) is 20.0. The van der Waals surface area contributed by atoms with E-state index in [0.717, 1.165) is 36.4 Å². The van der Waals surface area contributed by atoms with E-state index in [0.29, 0.717) is 15.6 Å². The van der Waals surface area contributed by atoms with Crippen LogP contribution in [0.15, 0.2) is 71.6 Å². The van der Waals surface area contributed by atoms with E-state index in [1.165, 1.54) is 35.2 Å². The molecule has 224 valence electrons. The van der Waals surface area contributed by atoms with E-state index in [4.69, 9.17) is 46.4 Å². The fourth-order valence-corrected chi connectivity index (χ4v) is 7.13. The molecule has 0 radical (unpaired) electrons. The molecule has 0 aromatic heterocycles.